The van der Waals surface area contributed by atoms with Crippen molar-refractivity contribution in [2.75, 3.05) is 41.0 Å². The summed E-state index contributed by atoms with van der Waals surface area (Å²) in [6.45, 7) is 1.58. The lowest BCUT2D eigenvalue weighted by Crippen LogP contribution is -2.31. The Bertz CT molecular complexity index is 424. The van der Waals surface area contributed by atoms with E-state index >= 15 is 0 Å². The molecule has 2 N–H and O–H groups in total. The normalized spacial score (nSPS) is 10.2. The summed E-state index contributed by atoms with van der Waals surface area (Å²) in [5.74, 6) is 1.25. The van der Waals surface area contributed by atoms with Crippen molar-refractivity contribution < 1.29 is 19.0 Å². The van der Waals surface area contributed by atoms with E-state index in [0.717, 1.165) is 11.3 Å². The monoisotopic (exact) mass is 282 g/mol. The molecule has 0 spiro atoms. The first-order valence-corrected chi connectivity index (χ1v) is 6.41. The number of carbonyl (C=O) groups excluding carboxylic acids is 1. The van der Waals surface area contributed by atoms with Gasteiger partial charge in [0.05, 0.1) is 13.7 Å². The van der Waals surface area contributed by atoms with Gasteiger partial charge in [0.25, 0.3) is 5.91 Å². The molecule has 6 heteroatoms. The Labute approximate surface area is 119 Å². The minimum atomic E-state index is -0.173. The third-order valence-electron chi connectivity index (χ3n) is 2.62. The molecule has 0 aromatic heterocycles. The number of ether oxygens (including phenoxy) is 3. The predicted octanol–water partition coefficient (Wildman–Crippen LogP) is 0.556. The van der Waals surface area contributed by atoms with Crippen molar-refractivity contribution in [1.82, 2.24) is 10.6 Å². The highest BCUT2D eigenvalue weighted by molar-refractivity contribution is 5.77. The molecule has 0 fully saturated rings. The van der Waals surface area contributed by atoms with Crippen LogP contribution in [0.1, 0.15) is 5.56 Å². The van der Waals surface area contributed by atoms with Crippen LogP contribution in [0.3, 0.4) is 0 Å². The zero-order chi connectivity index (χ0) is 14.8. The van der Waals surface area contributed by atoms with Crippen molar-refractivity contribution >= 4 is 5.91 Å². The molecule has 1 aromatic carbocycles. The highest BCUT2D eigenvalue weighted by atomic mass is 16.5. The van der Waals surface area contributed by atoms with Crippen molar-refractivity contribution in [2.45, 2.75) is 6.54 Å². The minimum absolute atomic E-state index is 0.0211. The van der Waals surface area contributed by atoms with Crippen LogP contribution in [0.5, 0.6) is 11.5 Å². The van der Waals surface area contributed by atoms with E-state index in [1.165, 1.54) is 0 Å². The van der Waals surface area contributed by atoms with Gasteiger partial charge in [0.2, 0.25) is 0 Å². The van der Waals surface area contributed by atoms with Gasteiger partial charge in [-0.3, -0.25) is 4.79 Å². The predicted molar refractivity (Wildman–Crippen MR) is 76.1 cm³/mol. The summed E-state index contributed by atoms with van der Waals surface area (Å²) in [4.78, 5) is 11.6. The maximum Gasteiger partial charge on any atom is 0.258 e. The van der Waals surface area contributed by atoms with Crippen LogP contribution in [-0.2, 0) is 16.1 Å². The first-order valence-electron chi connectivity index (χ1n) is 6.41. The SMILES string of the molecule is CNCc1cc(OC)ccc1OCC(=O)NCCOC. The number of hydrogen-bond acceptors (Lipinski definition) is 5. The van der Waals surface area contributed by atoms with Crippen molar-refractivity contribution in [3.05, 3.63) is 23.8 Å². The molecule has 112 valence electrons. The van der Waals surface area contributed by atoms with Crippen molar-refractivity contribution in [3.8, 4) is 11.5 Å². The number of nitrogens with one attached hydrogen (secondary N) is 2. The van der Waals surface area contributed by atoms with Gasteiger partial charge in [0.15, 0.2) is 6.61 Å². The van der Waals surface area contributed by atoms with E-state index in [1.54, 1.807) is 26.4 Å². The molecule has 0 aliphatic carbocycles. The second-order valence-electron chi connectivity index (χ2n) is 4.14. The Morgan fingerprint density at radius 2 is 2.10 bits per heavy atom. The van der Waals surface area contributed by atoms with E-state index in [4.69, 9.17) is 14.2 Å². The zero-order valence-corrected chi connectivity index (χ0v) is 12.2. The fourth-order valence-electron chi connectivity index (χ4n) is 1.64. The molecule has 6 nitrogen and oxygen atoms in total. The second-order valence-corrected chi connectivity index (χ2v) is 4.14. The Morgan fingerprint density at radius 3 is 2.75 bits per heavy atom. The summed E-state index contributed by atoms with van der Waals surface area (Å²) < 4.78 is 15.6. The number of methoxy groups -OCH3 is 2. The number of benzene rings is 1. The maximum absolute atomic E-state index is 11.6. The molecular formula is C14H22N2O4. The van der Waals surface area contributed by atoms with Crippen molar-refractivity contribution in [1.29, 1.82) is 0 Å². The summed E-state index contributed by atoms with van der Waals surface area (Å²) >= 11 is 0. The van der Waals surface area contributed by atoms with Gasteiger partial charge in [-0.1, -0.05) is 0 Å². The van der Waals surface area contributed by atoms with Gasteiger partial charge in [0.1, 0.15) is 11.5 Å². The quantitative estimate of drug-likeness (QED) is 0.648. The van der Waals surface area contributed by atoms with Crippen LogP contribution < -0.4 is 20.1 Å². The molecule has 0 saturated carbocycles. The van der Waals surface area contributed by atoms with E-state index < -0.39 is 0 Å². The molecule has 0 unspecified atom stereocenters. The molecule has 0 bridgehead atoms. The van der Waals surface area contributed by atoms with Crippen LogP contribution in [0, 0.1) is 0 Å². The Morgan fingerprint density at radius 1 is 1.30 bits per heavy atom. The molecule has 0 atom stereocenters. The van der Waals surface area contributed by atoms with Gasteiger partial charge in [-0.25, -0.2) is 0 Å². The number of hydrogen-bond donors (Lipinski definition) is 2. The average molecular weight is 282 g/mol. The topological polar surface area (TPSA) is 68.8 Å². The summed E-state index contributed by atoms with van der Waals surface area (Å²) in [6, 6.07) is 5.49. The molecule has 0 aliphatic heterocycles. The fourth-order valence-corrected chi connectivity index (χ4v) is 1.64. The number of carbonyl (C=O) groups is 1. The molecule has 0 heterocycles. The Kier molecular flexibility index (Phi) is 7.46. The van der Waals surface area contributed by atoms with E-state index in [1.807, 2.05) is 13.1 Å². The lowest BCUT2D eigenvalue weighted by Gasteiger charge is -2.12. The lowest BCUT2D eigenvalue weighted by molar-refractivity contribution is -0.123. The molecule has 0 saturated heterocycles. The molecule has 1 aromatic rings. The van der Waals surface area contributed by atoms with E-state index in [9.17, 15) is 4.79 Å². The van der Waals surface area contributed by atoms with Crippen molar-refractivity contribution in [2.24, 2.45) is 0 Å². The Balaban J connectivity index is 2.55. The van der Waals surface area contributed by atoms with Gasteiger partial charge >= 0.3 is 0 Å². The summed E-state index contributed by atoms with van der Waals surface area (Å²) in [7, 11) is 5.05. The summed E-state index contributed by atoms with van der Waals surface area (Å²) in [6.07, 6.45) is 0. The van der Waals surface area contributed by atoms with Crippen LogP contribution in [0.4, 0.5) is 0 Å². The number of rotatable bonds is 9. The van der Waals surface area contributed by atoms with Crippen LogP contribution in [0.15, 0.2) is 18.2 Å². The molecule has 1 amide bonds. The average Bonchev–Trinajstić information content (AvgIpc) is 2.46. The van der Waals surface area contributed by atoms with Gasteiger partial charge in [-0.2, -0.15) is 0 Å². The number of amides is 1. The third kappa shape index (κ3) is 5.46. The smallest absolute Gasteiger partial charge is 0.258 e. The second kappa shape index (κ2) is 9.17. The first kappa shape index (κ1) is 16.3. The lowest BCUT2D eigenvalue weighted by atomic mass is 10.2. The highest BCUT2D eigenvalue weighted by Gasteiger charge is 2.08. The molecule has 0 aliphatic rings. The van der Waals surface area contributed by atoms with E-state index in [0.29, 0.717) is 25.4 Å². The van der Waals surface area contributed by atoms with E-state index in [-0.39, 0.29) is 12.5 Å². The maximum atomic E-state index is 11.6. The minimum Gasteiger partial charge on any atom is -0.497 e. The Hall–Kier alpha value is -1.79. The zero-order valence-electron chi connectivity index (χ0n) is 12.2. The largest absolute Gasteiger partial charge is 0.497 e. The van der Waals surface area contributed by atoms with Gasteiger partial charge in [-0.05, 0) is 25.2 Å². The van der Waals surface area contributed by atoms with Gasteiger partial charge in [0, 0.05) is 25.8 Å². The third-order valence-corrected chi connectivity index (χ3v) is 2.62. The van der Waals surface area contributed by atoms with Crippen LogP contribution in [0.2, 0.25) is 0 Å². The van der Waals surface area contributed by atoms with Crippen LogP contribution in [0.25, 0.3) is 0 Å². The fraction of sp³-hybridized carbons (Fsp3) is 0.500. The van der Waals surface area contributed by atoms with Gasteiger partial charge in [-0.15, -0.1) is 0 Å². The van der Waals surface area contributed by atoms with Gasteiger partial charge < -0.3 is 24.8 Å². The van der Waals surface area contributed by atoms with E-state index in [2.05, 4.69) is 10.6 Å². The molecule has 1 rings (SSSR count). The first-order chi connectivity index (χ1) is 9.71. The van der Waals surface area contributed by atoms with Crippen LogP contribution >= 0.6 is 0 Å². The highest BCUT2D eigenvalue weighted by Crippen LogP contribution is 2.24. The summed E-state index contributed by atoms with van der Waals surface area (Å²) in [5, 5.41) is 5.75. The van der Waals surface area contributed by atoms with Crippen LogP contribution in [-0.4, -0.2) is 46.9 Å². The summed E-state index contributed by atoms with van der Waals surface area (Å²) in [5.41, 5.74) is 0.941. The molecular weight excluding hydrogens is 260 g/mol. The van der Waals surface area contributed by atoms with Crippen molar-refractivity contribution in [3.63, 3.8) is 0 Å². The molecule has 0 radical (unpaired) electrons. The standard InChI is InChI=1S/C14H22N2O4/c1-15-9-11-8-12(19-3)4-5-13(11)20-10-14(17)16-6-7-18-2/h4-5,8,15H,6-7,9-10H2,1-3H3,(H,16,17). The molecule has 20 heavy (non-hydrogen) atoms.